The summed E-state index contributed by atoms with van der Waals surface area (Å²) >= 11 is 0. The molecule has 0 aliphatic carbocycles. The molecule has 2 atom stereocenters. The number of rotatable bonds is 7. The second-order valence-corrected chi connectivity index (χ2v) is 11.0. The Morgan fingerprint density at radius 2 is 1.69 bits per heavy atom. The van der Waals surface area contributed by atoms with E-state index in [1.807, 2.05) is 41.3 Å². The third kappa shape index (κ3) is 4.64. The van der Waals surface area contributed by atoms with Crippen LogP contribution in [0, 0.1) is 11.3 Å². The van der Waals surface area contributed by atoms with E-state index in [1.54, 1.807) is 6.92 Å². The van der Waals surface area contributed by atoms with E-state index in [9.17, 15) is 4.79 Å². The van der Waals surface area contributed by atoms with Crippen LogP contribution in [0.2, 0.25) is 0 Å². The summed E-state index contributed by atoms with van der Waals surface area (Å²) < 4.78 is 17.6. The molecule has 1 radical (unpaired) electrons. The third-order valence-electron chi connectivity index (χ3n) is 5.69. The molecule has 3 aromatic rings. The van der Waals surface area contributed by atoms with Crippen molar-refractivity contribution in [3.8, 4) is 0 Å². The maximum atomic E-state index is 12.1. The lowest BCUT2D eigenvalue weighted by Crippen LogP contribution is -2.65. The molecule has 2 unspecified atom stereocenters. The van der Waals surface area contributed by atoms with Crippen LogP contribution in [0.25, 0.3) is 0 Å². The Morgan fingerprint density at radius 1 is 1.09 bits per heavy atom. The molecular weight excluding hydrogens is 420 g/mol. The molecule has 0 spiro atoms. The summed E-state index contributed by atoms with van der Waals surface area (Å²) in [5.74, 6) is -0.195. The van der Waals surface area contributed by atoms with E-state index in [0.29, 0.717) is 12.6 Å². The third-order valence-corrected chi connectivity index (χ3v) is 7.88. The summed E-state index contributed by atoms with van der Waals surface area (Å²) in [6.45, 7) is 9.48. The van der Waals surface area contributed by atoms with Gasteiger partial charge in [-0.25, -0.2) is 4.79 Å². The van der Waals surface area contributed by atoms with E-state index in [1.165, 1.54) is 16.6 Å². The predicted octanol–water partition coefficient (Wildman–Crippen LogP) is 3.48. The van der Waals surface area contributed by atoms with Gasteiger partial charge in [-0.2, -0.15) is 4.98 Å². The van der Waals surface area contributed by atoms with Gasteiger partial charge in [-0.15, -0.1) is 0 Å². The van der Waals surface area contributed by atoms with Gasteiger partial charge in [0.15, 0.2) is 5.69 Å². The summed E-state index contributed by atoms with van der Waals surface area (Å²) in [5.41, 5.74) is 0.217. The standard InChI is InChI=1S/C25H29N2O4Si/c1-5-29-23(28)21-17-30-24(26-21)27-16-20(25(2,3)4)22(27)31-32(18-12-8-6-9-13-18)19-14-10-7-11-15-19/h6-15,17,20,22H,5,16H2,1-4H3. The summed E-state index contributed by atoms with van der Waals surface area (Å²) in [5, 5.41) is 2.37. The first kappa shape index (κ1) is 22.3. The average Bonchev–Trinajstić information content (AvgIpc) is 3.23. The lowest BCUT2D eigenvalue weighted by Gasteiger charge is -2.53. The van der Waals surface area contributed by atoms with Gasteiger partial charge in [0.05, 0.1) is 6.61 Å². The fourth-order valence-electron chi connectivity index (χ4n) is 3.82. The van der Waals surface area contributed by atoms with E-state index in [-0.39, 0.29) is 23.3 Å². The summed E-state index contributed by atoms with van der Waals surface area (Å²) in [6.07, 6.45) is 1.15. The molecule has 6 nitrogen and oxygen atoms in total. The number of carbonyl (C=O) groups excluding carboxylic acids is 1. The Bertz CT molecular complexity index is 993. The molecule has 1 aliphatic heterocycles. The van der Waals surface area contributed by atoms with Gasteiger partial charge in [-0.3, -0.25) is 0 Å². The Morgan fingerprint density at radius 3 is 2.22 bits per heavy atom. The Hall–Kier alpha value is -2.90. The zero-order chi connectivity index (χ0) is 22.7. The van der Waals surface area contributed by atoms with Crippen molar-refractivity contribution in [2.24, 2.45) is 11.3 Å². The Kier molecular flexibility index (Phi) is 6.48. The molecule has 1 fully saturated rings. The van der Waals surface area contributed by atoms with Crippen LogP contribution in [0.3, 0.4) is 0 Å². The quantitative estimate of drug-likeness (QED) is 0.406. The minimum absolute atomic E-state index is 0.0398. The first-order valence-corrected chi connectivity index (χ1v) is 12.3. The largest absolute Gasteiger partial charge is 0.461 e. The maximum absolute atomic E-state index is 12.1. The van der Waals surface area contributed by atoms with Crippen molar-refractivity contribution in [3.63, 3.8) is 0 Å². The summed E-state index contributed by atoms with van der Waals surface area (Å²) in [7, 11) is -1.51. The Balaban J connectivity index is 1.64. The van der Waals surface area contributed by atoms with Gasteiger partial charge in [-0.1, -0.05) is 81.4 Å². The van der Waals surface area contributed by atoms with Crippen LogP contribution < -0.4 is 15.3 Å². The number of benzene rings is 2. The molecule has 7 heteroatoms. The lowest BCUT2D eigenvalue weighted by atomic mass is 9.74. The minimum atomic E-state index is -1.51. The molecule has 1 saturated heterocycles. The zero-order valence-electron chi connectivity index (χ0n) is 18.9. The molecular formula is C25H29N2O4Si. The van der Waals surface area contributed by atoms with Gasteiger partial charge in [-0.05, 0) is 22.7 Å². The predicted molar refractivity (Wildman–Crippen MR) is 126 cm³/mol. The van der Waals surface area contributed by atoms with Gasteiger partial charge >= 0.3 is 5.97 Å². The number of ether oxygens (including phenoxy) is 1. The molecule has 0 saturated carbocycles. The van der Waals surface area contributed by atoms with Crippen LogP contribution in [0.15, 0.2) is 71.3 Å². The molecule has 1 aliphatic rings. The first-order valence-electron chi connectivity index (χ1n) is 10.9. The smallest absolute Gasteiger partial charge is 0.360 e. The topological polar surface area (TPSA) is 64.8 Å². The van der Waals surface area contributed by atoms with E-state index >= 15 is 0 Å². The van der Waals surface area contributed by atoms with Crippen LogP contribution in [0.4, 0.5) is 6.01 Å². The Labute approximate surface area is 190 Å². The van der Waals surface area contributed by atoms with Crippen LogP contribution in [0.5, 0.6) is 0 Å². The lowest BCUT2D eigenvalue weighted by molar-refractivity contribution is 0.000384. The monoisotopic (exact) mass is 449 g/mol. The van der Waals surface area contributed by atoms with Crippen molar-refractivity contribution < 1.29 is 18.4 Å². The van der Waals surface area contributed by atoms with E-state index in [4.69, 9.17) is 13.6 Å². The van der Waals surface area contributed by atoms with Crippen LogP contribution in [0.1, 0.15) is 38.2 Å². The highest BCUT2D eigenvalue weighted by Gasteiger charge is 2.49. The van der Waals surface area contributed by atoms with E-state index in [0.717, 1.165) is 6.54 Å². The minimum Gasteiger partial charge on any atom is -0.461 e. The molecule has 2 aromatic carbocycles. The number of carbonyl (C=O) groups is 1. The molecule has 0 bridgehead atoms. The van der Waals surface area contributed by atoms with Gasteiger partial charge in [0.1, 0.15) is 12.5 Å². The van der Waals surface area contributed by atoms with E-state index in [2.05, 4.69) is 50.0 Å². The highest BCUT2D eigenvalue weighted by molar-refractivity contribution is 6.80. The molecule has 4 rings (SSSR count). The number of esters is 1. The average molecular weight is 450 g/mol. The molecule has 1 aromatic heterocycles. The van der Waals surface area contributed by atoms with Gasteiger partial charge < -0.3 is 18.5 Å². The summed E-state index contributed by atoms with van der Waals surface area (Å²) in [6, 6.07) is 21.1. The van der Waals surface area contributed by atoms with Crippen LogP contribution in [-0.2, 0) is 9.16 Å². The maximum Gasteiger partial charge on any atom is 0.360 e. The number of aromatic nitrogens is 1. The first-order chi connectivity index (χ1) is 15.4. The van der Waals surface area contributed by atoms with Gasteiger partial charge in [0, 0.05) is 12.5 Å². The van der Waals surface area contributed by atoms with Crippen molar-refractivity contribution in [1.82, 2.24) is 4.98 Å². The summed E-state index contributed by atoms with van der Waals surface area (Å²) in [4.78, 5) is 18.4. The number of hydrogen-bond donors (Lipinski definition) is 0. The molecule has 0 amide bonds. The van der Waals surface area contributed by atoms with Crippen molar-refractivity contribution in [2.45, 2.75) is 33.9 Å². The number of hydrogen-bond acceptors (Lipinski definition) is 6. The zero-order valence-corrected chi connectivity index (χ0v) is 19.9. The van der Waals surface area contributed by atoms with Crippen LogP contribution in [-0.4, -0.2) is 39.4 Å². The second kappa shape index (κ2) is 9.30. The normalized spacial score (nSPS) is 18.5. The van der Waals surface area contributed by atoms with Crippen molar-refractivity contribution in [2.75, 3.05) is 18.1 Å². The van der Waals surface area contributed by atoms with E-state index < -0.39 is 15.0 Å². The van der Waals surface area contributed by atoms with Crippen molar-refractivity contribution in [3.05, 3.63) is 72.6 Å². The molecule has 0 N–H and O–H groups in total. The SMILES string of the molecule is CCOC(=O)c1coc(N2CC(C(C)(C)C)C2O[Si](c2ccccc2)c2ccccc2)n1. The molecule has 32 heavy (non-hydrogen) atoms. The van der Waals surface area contributed by atoms with Gasteiger partial charge in [0.2, 0.25) is 0 Å². The number of nitrogens with zero attached hydrogens (tertiary/aromatic N) is 2. The fraction of sp³-hybridized carbons (Fsp3) is 0.360. The fourth-order valence-corrected chi connectivity index (χ4v) is 5.95. The van der Waals surface area contributed by atoms with Crippen molar-refractivity contribution >= 4 is 31.4 Å². The molecule has 2 heterocycles. The highest BCUT2D eigenvalue weighted by atomic mass is 28.3. The van der Waals surface area contributed by atoms with Crippen LogP contribution >= 0.6 is 0 Å². The number of anilines is 1. The molecule has 167 valence electrons. The van der Waals surface area contributed by atoms with Gasteiger partial charge in [0.25, 0.3) is 15.1 Å². The number of oxazole rings is 1. The second-order valence-electron chi connectivity index (χ2n) is 8.93. The van der Waals surface area contributed by atoms with Crippen molar-refractivity contribution in [1.29, 1.82) is 0 Å². The highest BCUT2D eigenvalue weighted by Crippen LogP contribution is 2.42.